The second kappa shape index (κ2) is 4.80. The van der Waals surface area contributed by atoms with Crippen LogP contribution in [0, 0.1) is 12.3 Å². The summed E-state index contributed by atoms with van der Waals surface area (Å²) < 4.78 is 0. The molecule has 3 rings (SSSR count). The molecule has 2 nitrogen and oxygen atoms in total. The molecule has 0 radical (unpaired) electrons. The Morgan fingerprint density at radius 2 is 2.19 bits per heavy atom. The predicted molar refractivity (Wildman–Crippen MR) is 88.7 cm³/mol. The standard InChI is InChI=1S/C19H24N2/c1-12(2)21-18-17-6-5-13(3)9-14(17)10-15-11-16(20)7-8-19(15,18)4/h5-7,9,11,18,21H,1,8,10,20H2,2-4H3. The molecule has 110 valence electrons. The molecule has 1 aromatic carbocycles. The smallest absolute Gasteiger partial charge is 0.0607 e. The Labute approximate surface area is 127 Å². The lowest BCUT2D eigenvalue weighted by Crippen LogP contribution is -2.42. The molecule has 0 aliphatic heterocycles. The number of nitrogens with two attached hydrogens (primary N) is 1. The van der Waals surface area contributed by atoms with Crippen molar-refractivity contribution in [3.05, 3.63) is 70.6 Å². The Morgan fingerprint density at radius 1 is 1.43 bits per heavy atom. The van der Waals surface area contributed by atoms with Gasteiger partial charge in [0.1, 0.15) is 0 Å². The first-order valence-corrected chi connectivity index (χ1v) is 7.58. The van der Waals surface area contributed by atoms with E-state index < -0.39 is 0 Å². The van der Waals surface area contributed by atoms with Crippen molar-refractivity contribution in [1.29, 1.82) is 0 Å². The van der Waals surface area contributed by atoms with Crippen LogP contribution in [-0.4, -0.2) is 0 Å². The van der Waals surface area contributed by atoms with Crippen molar-refractivity contribution in [3.63, 3.8) is 0 Å². The second-order valence-corrected chi connectivity index (χ2v) is 6.73. The summed E-state index contributed by atoms with van der Waals surface area (Å²) in [6, 6.07) is 7.04. The molecule has 2 aliphatic carbocycles. The number of nitrogens with one attached hydrogen (secondary N) is 1. The molecular weight excluding hydrogens is 256 g/mol. The molecule has 0 bridgehead atoms. The van der Waals surface area contributed by atoms with Crippen LogP contribution in [0.5, 0.6) is 0 Å². The Bertz CT molecular complexity index is 666. The molecule has 0 spiro atoms. The zero-order valence-corrected chi connectivity index (χ0v) is 13.2. The highest BCUT2D eigenvalue weighted by Crippen LogP contribution is 2.51. The SMILES string of the molecule is C=C(C)NC1c2ccc(C)cc2CC2=CC(N)=CCC21C. The summed E-state index contributed by atoms with van der Waals surface area (Å²) >= 11 is 0. The first kappa shape index (κ1) is 14.0. The highest BCUT2D eigenvalue weighted by atomic mass is 14.9. The molecule has 0 amide bonds. The lowest BCUT2D eigenvalue weighted by atomic mass is 9.62. The molecule has 0 saturated heterocycles. The van der Waals surface area contributed by atoms with E-state index in [1.165, 1.54) is 22.3 Å². The lowest BCUT2D eigenvalue weighted by Gasteiger charge is -2.46. The van der Waals surface area contributed by atoms with Gasteiger partial charge in [0.25, 0.3) is 0 Å². The van der Waals surface area contributed by atoms with Crippen LogP contribution in [0.3, 0.4) is 0 Å². The van der Waals surface area contributed by atoms with Gasteiger partial charge in [-0.1, -0.05) is 48.9 Å². The van der Waals surface area contributed by atoms with Crippen LogP contribution in [0.1, 0.15) is 43.0 Å². The highest BCUT2D eigenvalue weighted by Gasteiger charge is 2.43. The average Bonchev–Trinajstić information content (AvgIpc) is 2.40. The van der Waals surface area contributed by atoms with E-state index in [4.69, 9.17) is 5.73 Å². The van der Waals surface area contributed by atoms with E-state index in [0.717, 1.165) is 24.2 Å². The van der Waals surface area contributed by atoms with Crippen LogP contribution in [0.4, 0.5) is 0 Å². The molecular formula is C19H24N2. The molecule has 2 heteroatoms. The average molecular weight is 280 g/mol. The summed E-state index contributed by atoms with van der Waals surface area (Å²) in [5.74, 6) is 0. The van der Waals surface area contributed by atoms with E-state index in [0.29, 0.717) is 0 Å². The Morgan fingerprint density at radius 3 is 2.90 bits per heavy atom. The van der Waals surface area contributed by atoms with E-state index in [1.54, 1.807) is 0 Å². The molecule has 2 unspecified atom stereocenters. The fourth-order valence-electron chi connectivity index (χ4n) is 3.64. The third-order valence-electron chi connectivity index (χ3n) is 4.85. The topological polar surface area (TPSA) is 38.0 Å². The maximum absolute atomic E-state index is 6.04. The molecule has 0 saturated carbocycles. The van der Waals surface area contributed by atoms with Gasteiger partial charge in [-0.2, -0.15) is 0 Å². The number of fused-ring (bicyclic) bond motifs is 2. The zero-order valence-electron chi connectivity index (χ0n) is 13.2. The van der Waals surface area contributed by atoms with Crippen LogP contribution in [0.25, 0.3) is 0 Å². The number of hydrogen-bond donors (Lipinski definition) is 2. The second-order valence-electron chi connectivity index (χ2n) is 6.73. The van der Waals surface area contributed by atoms with Gasteiger partial charge in [-0.05, 0) is 43.9 Å². The van der Waals surface area contributed by atoms with Gasteiger partial charge in [0.05, 0.1) is 6.04 Å². The van der Waals surface area contributed by atoms with Gasteiger partial charge in [0.2, 0.25) is 0 Å². The molecule has 0 aromatic heterocycles. The summed E-state index contributed by atoms with van der Waals surface area (Å²) in [6.45, 7) is 10.6. The first-order valence-electron chi connectivity index (χ1n) is 7.58. The van der Waals surface area contributed by atoms with Gasteiger partial charge in [0.15, 0.2) is 0 Å². The molecule has 2 atom stereocenters. The Hall–Kier alpha value is -1.96. The van der Waals surface area contributed by atoms with Crippen LogP contribution >= 0.6 is 0 Å². The van der Waals surface area contributed by atoms with Crippen molar-refractivity contribution in [2.75, 3.05) is 0 Å². The molecule has 3 N–H and O–H groups in total. The maximum Gasteiger partial charge on any atom is 0.0607 e. The fourth-order valence-corrected chi connectivity index (χ4v) is 3.64. The summed E-state index contributed by atoms with van der Waals surface area (Å²) in [5, 5.41) is 3.61. The third-order valence-corrected chi connectivity index (χ3v) is 4.85. The van der Waals surface area contributed by atoms with Gasteiger partial charge in [-0.3, -0.25) is 0 Å². The normalized spacial score (nSPS) is 27.1. The van der Waals surface area contributed by atoms with E-state index in [1.807, 2.05) is 6.92 Å². The van der Waals surface area contributed by atoms with Gasteiger partial charge < -0.3 is 11.1 Å². The number of rotatable bonds is 2. The summed E-state index contributed by atoms with van der Waals surface area (Å²) in [5.41, 5.74) is 13.6. The van der Waals surface area contributed by atoms with E-state index in [9.17, 15) is 0 Å². The van der Waals surface area contributed by atoms with Crippen molar-refractivity contribution < 1.29 is 0 Å². The molecule has 21 heavy (non-hydrogen) atoms. The monoisotopic (exact) mass is 280 g/mol. The van der Waals surface area contributed by atoms with Gasteiger partial charge in [-0.25, -0.2) is 0 Å². The third kappa shape index (κ3) is 2.29. The summed E-state index contributed by atoms with van der Waals surface area (Å²) in [6.07, 6.45) is 6.29. The fraction of sp³-hybridized carbons (Fsp3) is 0.368. The van der Waals surface area contributed by atoms with Crippen LogP contribution < -0.4 is 11.1 Å². The van der Waals surface area contributed by atoms with E-state index in [-0.39, 0.29) is 11.5 Å². The van der Waals surface area contributed by atoms with Gasteiger partial charge in [0, 0.05) is 16.8 Å². The minimum atomic E-state index is 0.0735. The van der Waals surface area contributed by atoms with Crippen molar-refractivity contribution >= 4 is 0 Å². The first-order chi connectivity index (χ1) is 9.90. The highest BCUT2D eigenvalue weighted by molar-refractivity contribution is 5.48. The molecule has 0 heterocycles. The summed E-state index contributed by atoms with van der Waals surface area (Å²) in [7, 11) is 0. The van der Waals surface area contributed by atoms with Crippen LogP contribution in [0.2, 0.25) is 0 Å². The summed E-state index contributed by atoms with van der Waals surface area (Å²) in [4.78, 5) is 0. The predicted octanol–water partition coefficient (Wildman–Crippen LogP) is 3.89. The van der Waals surface area contributed by atoms with Crippen LogP contribution in [0.15, 0.2) is 53.9 Å². The minimum absolute atomic E-state index is 0.0735. The molecule has 1 aromatic rings. The van der Waals surface area contributed by atoms with Gasteiger partial charge in [-0.15, -0.1) is 0 Å². The van der Waals surface area contributed by atoms with E-state index in [2.05, 4.69) is 56.1 Å². The number of aryl methyl sites for hydroxylation is 1. The maximum atomic E-state index is 6.04. The Balaban J connectivity index is 2.15. The Kier molecular flexibility index (Phi) is 3.20. The van der Waals surface area contributed by atoms with Crippen molar-refractivity contribution in [2.45, 2.75) is 39.7 Å². The lowest BCUT2D eigenvalue weighted by molar-refractivity contribution is 0.263. The number of hydrogen-bond acceptors (Lipinski definition) is 2. The number of benzene rings is 1. The van der Waals surface area contributed by atoms with Crippen LogP contribution in [-0.2, 0) is 6.42 Å². The zero-order chi connectivity index (χ0) is 15.2. The molecule has 0 fully saturated rings. The van der Waals surface area contributed by atoms with Crippen molar-refractivity contribution in [1.82, 2.24) is 5.32 Å². The number of allylic oxidation sites excluding steroid dienone is 3. The van der Waals surface area contributed by atoms with Crippen molar-refractivity contribution in [2.24, 2.45) is 11.1 Å². The van der Waals surface area contributed by atoms with E-state index >= 15 is 0 Å². The van der Waals surface area contributed by atoms with Crippen molar-refractivity contribution in [3.8, 4) is 0 Å². The quantitative estimate of drug-likeness (QED) is 0.862. The molecule has 2 aliphatic rings. The van der Waals surface area contributed by atoms with Gasteiger partial charge >= 0.3 is 0 Å². The minimum Gasteiger partial charge on any atom is -0.399 e. The largest absolute Gasteiger partial charge is 0.399 e.